The van der Waals surface area contributed by atoms with E-state index in [0.717, 1.165) is 0 Å². The summed E-state index contributed by atoms with van der Waals surface area (Å²) < 4.78 is 16.3. The molecule has 22 heavy (non-hydrogen) atoms. The van der Waals surface area contributed by atoms with E-state index in [2.05, 4.69) is 11.6 Å². The smallest absolute Gasteiger partial charge is 0.415 e. The molecule has 6 heteroatoms. The third kappa shape index (κ3) is 3.69. The second-order valence-electron chi connectivity index (χ2n) is 5.86. The maximum Gasteiger partial charge on any atom is 0.415 e. The molecule has 120 valence electrons. The lowest BCUT2D eigenvalue weighted by molar-refractivity contribution is 0.0566. The number of ether oxygens (including phenoxy) is 3. The van der Waals surface area contributed by atoms with Gasteiger partial charge < -0.3 is 14.2 Å². The Morgan fingerprint density at radius 2 is 2.18 bits per heavy atom. The molecule has 1 aromatic heterocycles. The van der Waals surface area contributed by atoms with Gasteiger partial charge in [-0.1, -0.05) is 6.58 Å². The predicted molar refractivity (Wildman–Crippen MR) is 84.0 cm³/mol. The summed E-state index contributed by atoms with van der Waals surface area (Å²) in [5, 5.41) is 0. The minimum atomic E-state index is -0.549. The largest absolute Gasteiger partial charge is 0.492 e. The van der Waals surface area contributed by atoms with E-state index in [0.29, 0.717) is 42.8 Å². The van der Waals surface area contributed by atoms with Gasteiger partial charge in [-0.25, -0.2) is 9.78 Å². The van der Waals surface area contributed by atoms with Crippen LogP contribution in [0.3, 0.4) is 0 Å². The van der Waals surface area contributed by atoms with E-state index in [9.17, 15) is 4.79 Å². The summed E-state index contributed by atoms with van der Waals surface area (Å²) >= 11 is 0. The van der Waals surface area contributed by atoms with E-state index < -0.39 is 11.7 Å². The Morgan fingerprint density at radius 3 is 2.82 bits per heavy atom. The number of anilines is 1. The van der Waals surface area contributed by atoms with Crippen molar-refractivity contribution in [2.45, 2.75) is 33.3 Å². The zero-order chi connectivity index (χ0) is 16.3. The Hall–Kier alpha value is -2.24. The van der Waals surface area contributed by atoms with Gasteiger partial charge in [0.25, 0.3) is 0 Å². The lowest BCUT2D eigenvalue weighted by atomic mass is 10.2. The summed E-state index contributed by atoms with van der Waals surface area (Å²) in [5.74, 6) is 0.860. The van der Waals surface area contributed by atoms with Crippen molar-refractivity contribution in [2.24, 2.45) is 0 Å². The lowest BCUT2D eigenvalue weighted by Crippen LogP contribution is -2.41. The zero-order valence-corrected chi connectivity index (χ0v) is 13.5. The zero-order valence-electron chi connectivity index (χ0n) is 13.5. The van der Waals surface area contributed by atoms with E-state index in [1.165, 1.54) is 4.90 Å². The van der Waals surface area contributed by atoms with Crippen molar-refractivity contribution < 1.29 is 19.0 Å². The predicted octanol–water partition coefficient (Wildman–Crippen LogP) is 3.22. The van der Waals surface area contributed by atoms with Crippen LogP contribution < -0.4 is 9.64 Å². The first-order valence-electron chi connectivity index (χ1n) is 7.28. The van der Waals surface area contributed by atoms with Crippen LogP contribution in [-0.2, 0) is 9.47 Å². The molecular formula is C16H22N2O4. The number of nitrogens with zero attached hydrogens (tertiary/aromatic N) is 2. The Kier molecular flexibility index (Phi) is 4.59. The van der Waals surface area contributed by atoms with Crippen molar-refractivity contribution in [2.75, 3.05) is 24.7 Å². The van der Waals surface area contributed by atoms with Gasteiger partial charge in [-0.2, -0.15) is 0 Å². The molecule has 2 rings (SSSR count). The molecule has 1 aromatic rings. The number of pyridine rings is 1. The van der Waals surface area contributed by atoms with Gasteiger partial charge in [0, 0.05) is 0 Å². The van der Waals surface area contributed by atoms with Crippen molar-refractivity contribution in [3.05, 3.63) is 24.4 Å². The minimum absolute atomic E-state index is 0.365. The fourth-order valence-corrected chi connectivity index (χ4v) is 2.01. The van der Waals surface area contributed by atoms with Crippen molar-refractivity contribution in [3.8, 4) is 5.88 Å². The summed E-state index contributed by atoms with van der Waals surface area (Å²) in [7, 11) is 0. The van der Waals surface area contributed by atoms with Gasteiger partial charge in [0.1, 0.15) is 29.3 Å². The molecule has 1 amide bonds. The third-order valence-electron chi connectivity index (χ3n) is 2.90. The van der Waals surface area contributed by atoms with E-state index in [4.69, 9.17) is 14.2 Å². The van der Waals surface area contributed by atoms with Crippen LogP contribution in [-0.4, -0.2) is 36.4 Å². The monoisotopic (exact) mass is 306 g/mol. The molecular weight excluding hydrogens is 284 g/mol. The van der Waals surface area contributed by atoms with E-state index >= 15 is 0 Å². The third-order valence-corrected chi connectivity index (χ3v) is 2.90. The van der Waals surface area contributed by atoms with Gasteiger partial charge in [0.05, 0.1) is 13.2 Å². The molecule has 0 unspecified atom stereocenters. The van der Waals surface area contributed by atoms with Gasteiger partial charge in [0.15, 0.2) is 0 Å². The molecule has 0 aliphatic carbocycles. The highest BCUT2D eigenvalue weighted by molar-refractivity contribution is 5.90. The maximum absolute atomic E-state index is 12.3. The Balaban J connectivity index is 2.24. The number of aromatic nitrogens is 1. The molecule has 0 radical (unpaired) electrons. The topological polar surface area (TPSA) is 60.9 Å². The molecule has 1 aliphatic rings. The first kappa shape index (κ1) is 16.1. The van der Waals surface area contributed by atoms with E-state index in [1.807, 2.05) is 27.7 Å². The molecule has 0 atom stereocenters. The second-order valence-corrected chi connectivity index (χ2v) is 5.86. The van der Waals surface area contributed by atoms with Crippen LogP contribution in [0.25, 0.3) is 5.76 Å². The number of carbonyl (C=O) groups excluding carboxylic acids is 1. The summed E-state index contributed by atoms with van der Waals surface area (Å²) in [5.41, 5.74) is 0.631. The van der Waals surface area contributed by atoms with E-state index in [-0.39, 0.29) is 0 Å². The van der Waals surface area contributed by atoms with Crippen LogP contribution in [0.2, 0.25) is 0 Å². The van der Waals surface area contributed by atoms with Crippen molar-refractivity contribution in [1.82, 2.24) is 4.98 Å². The standard InChI is InChI=1S/C16H22N2O4/c1-6-20-11(2)12-7-8-13-14(17-12)21-10-9-18(13)15(19)22-16(3,4)5/h7-8H,2,6,9-10H2,1,3-5H3. The fourth-order valence-electron chi connectivity index (χ4n) is 2.01. The summed E-state index contributed by atoms with van der Waals surface area (Å²) in [6.07, 6.45) is -0.407. The van der Waals surface area contributed by atoms with Crippen LogP contribution in [0.4, 0.5) is 10.5 Å². The van der Waals surface area contributed by atoms with Gasteiger partial charge >= 0.3 is 6.09 Å². The van der Waals surface area contributed by atoms with E-state index in [1.54, 1.807) is 12.1 Å². The maximum atomic E-state index is 12.3. The molecule has 1 aliphatic heterocycles. The molecule has 0 N–H and O–H groups in total. The average Bonchev–Trinajstić information content (AvgIpc) is 2.44. The highest BCUT2D eigenvalue weighted by atomic mass is 16.6. The van der Waals surface area contributed by atoms with Crippen molar-refractivity contribution >= 4 is 17.5 Å². The summed E-state index contributed by atoms with van der Waals surface area (Å²) in [4.78, 5) is 18.2. The first-order valence-corrected chi connectivity index (χ1v) is 7.28. The van der Waals surface area contributed by atoms with Gasteiger partial charge in [0.2, 0.25) is 5.88 Å². The van der Waals surface area contributed by atoms with Crippen LogP contribution >= 0.6 is 0 Å². The highest BCUT2D eigenvalue weighted by Gasteiger charge is 2.29. The molecule has 0 aromatic carbocycles. The first-order chi connectivity index (χ1) is 10.3. The second kappa shape index (κ2) is 6.25. The number of hydrogen-bond acceptors (Lipinski definition) is 5. The Bertz CT molecular complexity index is 578. The molecule has 0 saturated heterocycles. The molecule has 2 heterocycles. The quantitative estimate of drug-likeness (QED) is 0.802. The Labute approximate surface area is 130 Å². The summed E-state index contributed by atoms with van der Waals surface area (Å²) in [6.45, 7) is 12.5. The van der Waals surface area contributed by atoms with Crippen LogP contribution in [0.15, 0.2) is 18.7 Å². The number of fused-ring (bicyclic) bond motifs is 1. The Morgan fingerprint density at radius 1 is 1.45 bits per heavy atom. The molecule has 0 bridgehead atoms. The molecule has 0 spiro atoms. The molecule has 0 fully saturated rings. The number of rotatable bonds is 3. The number of amides is 1. The van der Waals surface area contributed by atoms with Crippen molar-refractivity contribution in [1.29, 1.82) is 0 Å². The van der Waals surface area contributed by atoms with Crippen LogP contribution in [0.5, 0.6) is 5.88 Å². The van der Waals surface area contributed by atoms with Crippen LogP contribution in [0.1, 0.15) is 33.4 Å². The average molecular weight is 306 g/mol. The minimum Gasteiger partial charge on any atom is -0.492 e. The lowest BCUT2D eigenvalue weighted by Gasteiger charge is -2.31. The summed E-state index contributed by atoms with van der Waals surface area (Å²) in [6, 6.07) is 3.52. The molecule has 0 saturated carbocycles. The van der Waals surface area contributed by atoms with Crippen molar-refractivity contribution in [3.63, 3.8) is 0 Å². The van der Waals surface area contributed by atoms with Gasteiger partial charge in [-0.3, -0.25) is 4.90 Å². The number of hydrogen-bond donors (Lipinski definition) is 0. The number of carbonyl (C=O) groups is 1. The normalized spacial score (nSPS) is 13.9. The van der Waals surface area contributed by atoms with Gasteiger partial charge in [-0.15, -0.1) is 0 Å². The van der Waals surface area contributed by atoms with Crippen LogP contribution in [0, 0.1) is 0 Å². The SMILES string of the molecule is C=C(OCC)c1ccc2c(n1)OCCN2C(=O)OC(C)(C)C. The van der Waals surface area contributed by atoms with Gasteiger partial charge in [-0.05, 0) is 39.8 Å². The highest BCUT2D eigenvalue weighted by Crippen LogP contribution is 2.32. The molecule has 6 nitrogen and oxygen atoms in total. The fraction of sp³-hybridized carbons (Fsp3) is 0.500.